The molecule has 0 aromatic rings. The molecule has 0 aromatic carbocycles. The molecule has 22 heavy (non-hydrogen) atoms. The third-order valence-electron chi connectivity index (χ3n) is 5.54. The molecule has 5 heteroatoms. The van der Waals surface area contributed by atoms with E-state index in [4.69, 9.17) is 5.73 Å². The molecule has 2 amide bonds. The SMILES string of the molecule is N[C@H]1CCCN(C(=O)[C@H]2CC(=O)N(C3CCCCCC3)C2)C1. The lowest BCUT2D eigenvalue weighted by atomic mass is 10.0. The second-order valence-electron chi connectivity index (χ2n) is 7.28. The monoisotopic (exact) mass is 307 g/mol. The Balaban J connectivity index is 1.59. The van der Waals surface area contributed by atoms with Crippen LogP contribution in [-0.2, 0) is 9.59 Å². The van der Waals surface area contributed by atoms with Gasteiger partial charge < -0.3 is 15.5 Å². The minimum Gasteiger partial charge on any atom is -0.341 e. The van der Waals surface area contributed by atoms with Gasteiger partial charge in [0, 0.05) is 38.1 Å². The highest BCUT2D eigenvalue weighted by Crippen LogP contribution is 2.29. The molecule has 2 heterocycles. The van der Waals surface area contributed by atoms with Gasteiger partial charge in [0.15, 0.2) is 0 Å². The Morgan fingerprint density at radius 3 is 2.41 bits per heavy atom. The molecule has 124 valence electrons. The summed E-state index contributed by atoms with van der Waals surface area (Å²) >= 11 is 0. The largest absolute Gasteiger partial charge is 0.341 e. The fraction of sp³-hybridized carbons (Fsp3) is 0.882. The number of carbonyl (C=O) groups is 2. The molecule has 2 aliphatic heterocycles. The van der Waals surface area contributed by atoms with Crippen LogP contribution in [0.3, 0.4) is 0 Å². The van der Waals surface area contributed by atoms with Gasteiger partial charge in [0.1, 0.15) is 0 Å². The van der Waals surface area contributed by atoms with Crippen LogP contribution in [0.2, 0.25) is 0 Å². The van der Waals surface area contributed by atoms with Crippen LogP contribution >= 0.6 is 0 Å². The molecule has 5 nitrogen and oxygen atoms in total. The highest BCUT2D eigenvalue weighted by Gasteiger charge is 2.39. The number of likely N-dealkylation sites (tertiary alicyclic amines) is 2. The van der Waals surface area contributed by atoms with E-state index in [1.165, 1.54) is 25.7 Å². The molecule has 2 atom stereocenters. The van der Waals surface area contributed by atoms with Gasteiger partial charge >= 0.3 is 0 Å². The molecule has 3 fully saturated rings. The Morgan fingerprint density at radius 2 is 1.73 bits per heavy atom. The van der Waals surface area contributed by atoms with Crippen molar-refractivity contribution in [3.63, 3.8) is 0 Å². The molecule has 3 rings (SSSR count). The van der Waals surface area contributed by atoms with Crippen molar-refractivity contribution in [2.45, 2.75) is 69.9 Å². The van der Waals surface area contributed by atoms with Crippen LogP contribution in [0.1, 0.15) is 57.8 Å². The molecule has 0 radical (unpaired) electrons. The minimum atomic E-state index is -0.138. The zero-order chi connectivity index (χ0) is 15.5. The molecule has 3 aliphatic rings. The van der Waals surface area contributed by atoms with Gasteiger partial charge in [0.05, 0.1) is 5.92 Å². The Bertz CT molecular complexity index is 418. The number of hydrogen-bond donors (Lipinski definition) is 1. The highest BCUT2D eigenvalue weighted by molar-refractivity contribution is 5.89. The van der Waals surface area contributed by atoms with E-state index < -0.39 is 0 Å². The van der Waals surface area contributed by atoms with Crippen molar-refractivity contribution in [3.8, 4) is 0 Å². The summed E-state index contributed by atoms with van der Waals surface area (Å²) in [5.74, 6) is 0.201. The summed E-state index contributed by atoms with van der Waals surface area (Å²) in [6.07, 6.45) is 9.62. The minimum absolute atomic E-state index is 0.104. The van der Waals surface area contributed by atoms with Crippen LogP contribution in [0.4, 0.5) is 0 Å². The van der Waals surface area contributed by atoms with E-state index in [-0.39, 0.29) is 23.8 Å². The van der Waals surface area contributed by atoms with Crippen molar-refractivity contribution >= 4 is 11.8 Å². The van der Waals surface area contributed by atoms with Gasteiger partial charge in [-0.2, -0.15) is 0 Å². The van der Waals surface area contributed by atoms with Crippen LogP contribution in [0.5, 0.6) is 0 Å². The van der Waals surface area contributed by atoms with Gasteiger partial charge in [0.2, 0.25) is 11.8 Å². The number of piperidine rings is 1. The molecular weight excluding hydrogens is 278 g/mol. The summed E-state index contributed by atoms with van der Waals surface area (Å²) in [6.45, 7) is 2.10. The van der Waals surface area contributed by atoms with E-state index in [9.17, 15) is 9.59 Å². The van der Waals surface area contributed by atoms with Crippen LogP contribution in [0.25, 0.3) is 0 Å². The van der Waals surface area contributed by atoms with Gasteiger partial charge in [0.25, 0.3) is 0 Å². The van der Waals surface area contributed by atoms with Crippen molar-refractivity contribution < 1.29 is 9.59 Å². The normalized spacial score (nSPS) is 31.4. The summed E-state index contributed by atoms with van der Waals surface area (Å²) in [7, 11) is 0. The van der Waals surface area contributed by atoms with Gasteiger partial charge in [-0.25, -0.2) is 0 Å². The summed E-state index contributed by atoms with van der Waals surface area (Å²) in [4.78, 5) is 29.0. The predicted octanol–water partition coefficient (Wildman–Crippen LogP) is 1.51. The van der Waals surface area contributed by atoms with E-state index in [0.717, 1.165) is 32.2 Å². The lowest BCUT2D eigenvalue weighted by Crippen LogP contribution is -2.48. The first-order valence-electron chi connectivity index (χ1n) is 8.99. The lowest BCUT2D eigenvalue weighted by molar-refractivity contribution is -0.137. The smallest absolute Gasteiger partial charge is 0.228 e. The van der Waals surface area contributed by atoms with E-state index in [0.29, 0.717) is 25.6 Å². The first-order valence-corrected chi connectivity index (χ1v) is 8.99. The van der Waals surface area contributed by atoms with E-state index in [2.05, 4.69) is 0 Å². The second-order valence-corrected chi connectivity index (χ2v) is 7.28. The zero-order valence-corrected chi connectivity index (χ0v) is 13.5. The van der Waals surface area contributed by atoms with Crippen molar-refractivity contribution in [1.82, 2.24) is 9.80 Å². The summed E-state index contributed by atoms with van der Waals surface area (Å²) in [6, 6.07) is 0.476. The molecule has 0 aromatic heterocycles. The van der Waals surface area contributed by atoms with Crippen LogP contribution in [0.15, 0.2) is 0 Å². The van der Waals surface area contributed by atoms with E-state index in [1.807, 2.05) is 9.80 Å². The fourth-order valence-corrected chi connectivity index (χ4v) is 4.29. The van der Waals surface area contributed by atoms with Gasteiger partial charge in [-0.1, -0.05) is 25.7 Å². The second kappa shape index (κ2) is 6.99. The maximum absolute atomic E-state index is 12.7. The predicted molar refractivity (Wildman–Crippen MR) is 85.1 cm³/mol. The van der Waals surface area contributed by atoms with Gasteiger partial charge in [-0.15, -0.1) is 0 Å². The van der Waals surface area contributed by atoms with Crippen molar-refractivity contribution in [2.24, 2.45) is 11.7 Å². The number of amides is 2. The van der Waals surface area contributed by atoms with Crippen molar-refractivity contribution in [3.05, 3.63) is 0 Å². The molecule has 1 aliphatic carbocycles. The van der Waals surface area contributed by atoms with Crippen molar-refractivity contribution in [2.75, 3.05) is 19.6 Å². The molecule has 0 unspecified atom stereocenters. The Kier molecular flexibility index (Phi) is 5.01. The van der Waals surface area contributed by atoms with E-state index in [1.54, 1.807) is 0 Å². The Hall–Kier alpha value is -1.10. The number of nitrogens with zero attached hydrogens (tertiary/aromatic N) is 2. The van der Waals surface area contributed by atoms with Crippen LogP contribution in [-0.4, -0.2) is 53.3 Å². The Morgan fingerprint density at radius 1 is 1.00 bits per heavy atom. The lowest BCUT2D eigenvalue weighted by Gasteiger charge is -2.33. The number of rotatable bonds is 2. The molecule has 0 bridgehead atoms. The van der Waals surface area contributed by atoms with Crippen molar-refractivity contribution in [1.29, 1.82) is 0 Å². The van der Waals surface area contributed by atoms with Gasteiger partial charge in [-0.05, 0) is 25.7 Å². The molecule has 2 saturated heterocycles. The van der Waals surface area contributed by atoms with Gasteiger partial charge in [-0.3, -0.25) is 9.59 Å². The van der Waals surface area contributed by atoms with Crippen LogP contribution < -0.4 is 5.73 Å². The zero-order valence-electron chi connectivity index (χ0n) is 13.5. The maximum atomic E-state index is 12.7. The molecule has 2 N–H and O–H groups in total. The van der Waals surface area contributed by atoms with E-state index >= 15 is 0 Å². The fourth-order valence-electron chi connectivity index (χ4n) is 4.29. The Labute approximate surface area is 133 Å². The summed E-state index contributed by atoms with van der Waals surface area (Å²) in [5, 5.41) is 0. The summed E-state index contributed by atoms with van der Waals surface area (Å²) in [5.41, 5.74) is 5.98. The first-order chi connectivity index (χ1) is 10.6. The third kappa shape index (κ3) is 3.45. The number of hydrogen-bond acceptors (Lipinski definition) is 3. The molecular formula is C17H29N3O2. The molecule has 1 saturated carbocycles. The first kappa shape index (κ1) is 15.8. The summed E-state index contributed by atoms with van der Waals surface area (Å²) < 4.78 is 0. The average molecular weight is 307 g/mol. The quantitative estimate of drug-likeness (QED) is 0.786. The van der Waals surface area contributed by atoms with Crippen LogP contribution in [0, 0.1) is 5.92 Å². The number of nitrogens with two attached hydrogens (primary N) is 1. The average Bonchev–Trinajstić information content (AvgIpc) is 2.73. The maximum Gasteiger partial charge on any atom is 0.228 e. The molecule has 0 spiro atoms. The third-order valence-corrected chi connectivity index (χ3v) is 5.54. The topological polar surface area (TPSA) is 66.6 Å². The standard InChI is InChI=1S/C17H29N3O2/c18-14-6-5-9-19(12-14)17(22)13-10-16(21)20(11-13)15-7-3-1-2-4-8-15/h13-15H,1-12,18H2/t13-,14-/m0/s1. The number of carbonyl (C=O) groups excluding carboxylic acids is 2. The highest BCUT2D eigenvalue weighted by atomic mass is 16.2.